The molecule has 0 amide bonds. The Morgan fingerprint density at radius 1 is 1.13 bits per heavy atom. The lowest BCUT2D eigenvalue weighted by atomic mass is 10.0. The number of allylic oxidation sites excluding steroid dienone is 1. The third-order valence-corrected chi connectivity index (χ3v) is 8.11. The number of hydrogen-bond donors (Lipinski definition) is 0. The molecule has 0 aromatic heterocycles. The molecule has 1 aromatic carbocycles. The second-order valence-electron chi connectivity index (χ2n) is 7.09. The summed E-state index contributed by atoms with van der Waals surface area (Å²) in [6, 6.07) is 10.2. The van der Waals surface area contributed by atoms with E-state index in [1.165, 1.54) is 5.57 Å². The van der Waals surface area contributed by atoms with Crippen LogP contribution in [0.15, 0.2) is 42.1 Å². The van der Waals surface area contributed by atoms with Gasteiger partial charge in [0.25, 0.3) is 0 Å². The molecule has 1 aromatic rings. The molecule has 3 heteroatoms. The van der Waals surface area contributed by atoms with Crippen molar-refractivity contribution in [2.75, 3.05) is 6.54 Å². The van der Waals surface area contributed by atoms with Crippen molar-refractivity contribution in [2.45, 2.75) is 65.5 Å². The highest BCUT2D eigenvalue weighted by atomic mass is 31.2. The average Bonchev–Trinajstić information content (AvgIpc) is 2.79. The Labute approximate surface area is 142 Å². The molecule has 0 fully saturated rings. The minimum atomic E-state index is -2.57. The normalized spacial score (nSPS) is 24.3. The molecule has 23 heavy (non-hydrogen) atoms. The fraction of sp³-hybridized carbons (Fsp3) is 0.600. The van der Waals surface area contributed by atoms with E-state index >= 15 is 0 Å². The zero-order valence-corrected chi connectivity index (χ0v) is 16.1. The van der Waals surface area contributed by atoms with Crippen LogP contribution in [0.5, 0.6) is 0 Å². The molecule has 0 spiro atoms. The summed E-state index contributed by atoms with van der Waals surface area (Å²) in [6.45, 7) is 9.74. The van der Waals surface area contributed by atoms with Gasteiger partial charge in [0.15, 0.2) is 0 Å². The van der Waals surface area contributed by atoms with Gasteiger partial charge in [0, 0.05) is 18.0 Å². The Morgan fingerprint density at radius 3 is 2.39 bits per heavy atom. The monoisotopic (exact) mass is 333 g/mol. The van der Waals surface area contributed by atoms with Crippen LogP contribution in [0.4, 0.5) is 0 Å². The molecule has 1 heterocycles. The maximum atomic E-state index is 14.3. The Hall–Kier alpha value is -1.01. The average molecular weight is 333 g/mol. The summed E-state index contributed by atoms with van der Waals surface area (Å²) in [6.07, 6.45) is 7.80. The lowest BCUT2D eigenvalue weighted by molar-refractivity contribution is 0.452. The quantitative estimate of drug-likeness (QED) is 0.560. The van der Waals surface area contributed by atoms with E-state index in [9.17, 15) is 4.57 Å². The third-order valence-electron chi connectivity index (χ3n) is 4.60. The molecule has 1 aliphatic heterocycles. The van der Waals surface area contributed by atoms with E-state index in [2.05, 4.69) is 50.7 Å². The SMILES string of the molecule is CCCCC1C(CCC)=CN(CC(C)C)P1(=O)c1ccccc1. The molecular formula is C20H32NOP. The van der Waals surface area contributed by atoms with Crippen molar-refractivity contribution in [3.8, 4) is 0 Å². The molecule has 2 atom stereocenters. The summed E-state index contributed by atoms with van der Waals surface area (Å²) in [7, 11) is -2.57. The highest BCUT2D eigenvalue weighted by Crippen LogP contribution is 2.62. The van der Waals surface area contributed by atoms with Crippen molar-refractivity contribution >= 4 is 12.6 Å². The molecule has 0 N–H and O–H groups in total. The standard InChI is InChI=1S/C20H32NOP/c1-5-7-14-20-18(11-6-2)16-21(15-17(3)4)23(20,22)19-12-9-8-10-13-19/h8-10,12-13,16-17,20H,5-7,11,14-15H2,1-4H3. The van der Waals surface area contributed by atoms with Crippen LogP contribution >= 0.6 is 7.29 Å². The maximum Gasteiger partial charge on any atom is 0.207 e. The van der Waals surface area contributed by atoms with Crippen molar-refractivity contribution in [3.63, 3.8) is 0 Å². The van der Waals surface area contributed by atoms with Gasteiger partial charge in [-0.25, -0.2) is 0 Å². The van der Waals surface area contributed by atoms with Gasteiger partial charge in [-0.15, -0.1) is 0 Å². The van der Waals surface area contributed by atoms with Gasteiger partial charge in [-0.2, -0.15) is 0 Å². The molecule has 2 nitrogen and oxygen atoms in total. The number of unbranched alkanes of at least 4 members (excludes halogenated alkanes) is 1. The lowest BCUT2D eigenvalue weighted by Gasteiger charge is -2.32. The van der Waals surface area contributed by atoms with Crippen LogP contribution in [0.3, 0.4) is 0 Å². The predicted molar refractivity (Wildman–Crippen MR) is 102 cm³/mol. The summed E-state index contributed by atoms with van der Waals surface area (Å²) in [5.41, 5.74) is 1.62. The first kappa shape index (κ1) is 18.3. The highest BCUT2D eigenvalue weighted by Gasteiger charge is 2.45. The van der Waals surface area contributed by atoms with Crippen molar-refractivity contribution in [3.05, 3.63) is 42.1 Å². The Balaban J connectivity index is 2.44. The zero-order chi connectivity index (χ0) is 16.9. The number of hydrogen-bond acceptors (Lipinski definition) is 1. The van der Waals surface area contributed by atoms with Crippen molar-refractivity contribution in [1.29, 1.82) is 0 Å². The van der Waals surface area contributed by atoms with E-state index in [4.69, 9.17) is 0 Å². The summed E-state index contributed by atoms with van der Waals surface area (Å²) in [4.78, 5) is 0. The fourth-order valence-electron chi connectivity index (χ4n) is 3.56. The fourth-order valence-corrected chi connectivity index (χ4v) is 7.24. The summed E-state index contributed by atoms with van der Waals surface area (Å²) >= 11 is 0. The minimum Gasteiger partial charge on any atom is -0.325 e. The molecule has 0 saturated carbocycles. The first-order chi connectivity index (χ1) is 11.0. The molecule has 2 unspecified atom stereocenters. The predicted octanol–water partition coefficient (Wildman–Crippen LogP) is 5.80. The van der Waals surface area contributed by atoms with Crippen molar-refractivity contribution in [2.24, 2.45) is 5.92 Å². The molecule has 128 valence electrons. The third kappa shape index (κ3) is 3.91. The van der Waals surface area contributed by atoms with Crippen molar-refractivity contribution in [1.82, 2.24) is 4.67 Å². The molecule has 2 rings (SSSR count). The Kier molecular flexibility index (Phi) is 6.53. The molecular weight excluding hydrogens is 301 g/mol. The van der Waals surface area contributed by atoms with Crippen LogP contribution in [0.25, 0.3) is 0 Å². The Bertz CT molecular complexity index is 564. The van der Waals surface area contributed by atoms with Gasteiger partial charge < -0.3 is 4.67 Å². The van der Waals surface area contributed by atoms with Gasteiger partial charge in [-0.1, -0.05) is 65.2 Å². The van der Waals surface area contributed by atoms with E-state index in [1.54, 1.807) is 0 Å². The largest absolute Gasteiger partial charge is 0.325 e. The lowest BCUT2D eigenvalue weighted by Crippen LogP contribution is -2.27. The number of nitrogens with zero attached hydrogens (tertiary/aromatic N) is 1. The van der Waals surface area contributed by atoms with E-state index < -0.39 is 7.29 Å². The van der Waals surface area contributed by atoms with Crippen LogP contribution in [0.2, 0.25) is 0 Å². The van der Waals surface area contributed by atoms with Crippen LogP contribution in [-0.2, 0) is 4.57 Å². The van der Waals surface area contributed by atoms with Gasteiger partial charge in [-0.05, 0) is 36.5 Å². The summed E-state index contributed by atoms with van der Waals surface area (Å²) in [5.74, 6) is 0.510. The minimum absolute atomic E-state index is 0.212. The van der Waals surface area contributed by atoms with E-state index in [-0.39, 0.29) is 5.66 Å². The summed E-state index contributed by atoms with van der Waals surface area (Å²) in [5, 5.41) is 1.03. The molecule has 0 saturated heterocycles. The van der Waals surface area contributed by atoms with E-state index in [0.29, 0.717) is 5.92 Å². The van der Waals surface area contributed by atoms with Gasteiger partial charge in [0.05, 0.1) is 5.66 Å². The first-order valence-electron chi connectivity index (χ1n) is 9.17. The van der Waals surface area contributed by atoms with Gasteiger partial charge in [0.2, 0.25) is 7.29 Å². The van der Waals surface area contributed by atoms with Gasteiger partial charge >= 0.3 is 0 Å². The maximum absolute atomic E-state index is 14.3. The highest BCUT2D eigenvalue weighted by molar-refractivity contribution is 7.70. The van der Waals surface area contributed by atoms with Crippen molar-refractivity contribution < 1.29 is 4.57 Å². The van der Waals surface area contributed by atoms with Gasteiger partial charge in [0.1, 0.15) is 0 Å². The van der Waals surface area contributed by atoms with Gasteiger partial charge in [-0.3, -0.25) is 4.57 Å². The molecule has 0 aliphatic carbocycles. The van der Waals surface area contributed by atoms with E-state index in [0.717, 1.165) is 44.0 Å². The number of benzene rings is 1. The molecule has 1 aliphatic rings. The molecule has 0 bridgehead atoms. The molecule has 0 radical (unpaired) electrons. The van der Waals surface area contributed by atoms with Crippen LogP contribution in [0, 0.1) is 5.92 Å². The topological polar surface area (TPSA) is 20.3 Å². The zero-order valence-electron chi connectivity index (χ0n) is 15.2. The Morgan fingerprint density at radius 2 is 1.83 bits per heavy atom. The van der Waals surface area contributed by atoms with Crippen LogP contribution in [0.1, 0.15) is 59.8 Å². The second kappa shape index (κ2) is 8.20. The summed E-state index contributed by atoms with van der Waals surface area (Å²) < 4.78 is 16.5. The smallest absolute Gasteiger partial charge is 0.207 e. The van der Waals surface area contributed by atoms with Crippen LogP contribution < -0.4 is 5.30 Å². The van der Waals surface area contributed by atoms with Crippen LogP contribution in [-0.4, -0.2) is 16.9 Å². The van der Waals surface area contributed by atoms with E-state index in [1.807, 2.05) is 18.2 Å². The number of rotatable bonds is 8. The first-order valence-corrected chi connectivity index (χ1v) is 10.9. The second-order valence-corrected chi connectivity index (χ2v) is 9.99.